The van der Waals surface area contributed by atoms with E-state index < -0.39 is 0 Å². The molecule has 0 aliphatic heterocycles. The largest absolute Gasteiger partial charge is 0.281 e. The minimum absolute atomic E-state index is 0.241. The summed E-state index contributed by atoms with van der Waals surface area (Å²) in [5, 5.41) is -0.752. The highest BCUT2D eigenvalue weighted by molar-refractivity contribution is 6.64. The third kappa shape index (κ3) is 4.63. The molecule has 0 fully saturated rings. The Morgan fingerprint density at radius 1 is 1.00 bits per heavy atom. The van der Waals surface area contributed by atoms with Crippen molar-refractivity contribution in [2.45, 2.75) is 33.1 Å². The van der Waals surface area contributed by atoms with E-state index in [2.05, 4.69) is 0 Å². The molecule has 2 atom stereocenters. The predicted molar refractivity (Wildman–Crippen MR) is 53.9 cm³/mol. The van der Waals surface area contributed by atoms with Gasteiger partial charge in [0.05, 0.1) is 0 Å². The summed E-state index contributed by atoms with van der Waals surface area (Å²) in [7, 11) is 0. The Morgan fingerprint density at radius 3 is 1.46 bits per heavy atom. The molecule has 0 bridgehead atoms. The second kappa shape index (κ2) is 6.39. The molecule has 2 unspecified atom stereocenters. The van der Waals surface area contributed by atoms with Crippen LogP contribution in [-0.4, -0.2) is 10.5 Å². The highest BCUT2D eigenvalue weighted by Crippen LogP contribution is 2.22. The fourth-order valence-electron chi connectivity index (χ4n) is 1.18. The third-order valence-corrected chi connectivity index (χ3v) is 2.81. The van der Waals surface area contributed by atoms with Crippen molar-refractivity contribution in [1.29, 1.82) is 0 Å². The zero-order valence-corrected chi connectivity index (χ0v) is 9.36. The van der Waals surface area contributed by atoms with Gasteiger partial charge in [0.25, 0.3) is 0 Å². The van der Waals surface area contributed by atoms with Crippen molar-refractivity contribution < 1.29 is 9.59 Å². The lowest BCUT2D eigenvalue weighted by Crippen LogP contribution is -2.17. The van der Waals surface area contributed by atoms with Gasteiger partial charge in [-0.05, 0) is 42.5 Å². The normalized spacial score (nSPS) is 15.1. The molecule has 0 heterocycles. The number of hydrogen-bond donors (Lipinski definition) is 0. The fourth-order valence-corrected chi connectivity index (χ4v) is 1.67. The maximum atomic E-state index is 10.9. The number of hydrogen-bond acceptors (Lipinski definition) is 2. The van der Waals surface area contributed by atoms with Crippen LogP contribution in [0.15, 0.2) is 0 Å². The first-order valence-electron chi connectivity index (χ1n) is 4.41. The van der Waals surface area contributed by atoms with Crippen LogP contribution in [0.3, 0.4) is 0 Å². The van der Waals surface area contributed by atoms with Crippen LogP contribution in [0.2, 0.25) is 0 Å². The summed E-state index contributed by atoms with van der Waals surface area (Å²) < 4.78 is 0. The number of carbonyl (C=O) groups excluding carboxylic acids is 2. The van der Waals surface area contributed by atoms with Crippen LogP contribution in [0.4, 0.5) is 0 Å². The molecule has 0 aromatic heterocycles. The predicted octanol–water partition coefficient (Wildman–Crippen LogP) is 2.96. The Hall–Kier alpha value is -0.0800. The second-order valence-corrected chi connectivity index (χ2v) is 3.80. The molecule has 4 heteroatoms. The lowest BCUT2D eigenvalue weighted by atomic mass is 9.92. The van der Waals surface area contributed by atoms with Crippen LogP contribution in [0, 0.1) is 11.8 Å². The molecule has 76 valence electrons. The van der Waals surface area contributed by atoms with E-state index in [0.717, 1.165) is 0 Å². The molecule has 0 aromatic carbocycles. The van der Waals surface area contributed by atoms with E-state index in [1.807, 2.05) is 13.8 Å². The standard InChI is InChI=1S/C9H14Cl2O2/c1-3-6(8(10)12)5-7(4-2)9(11)13/h6-7H,3-5H2,1-2H3. The minimum Gasteiger partial charge on any atom is -0.281 e. The van der Waals surface area contributed by atoms with E-state index in [1.54, 1.807) is 0 Å². The highest BCUT2D eigenvalue weighted by Gasteiger charge is 2.22. The van der Waals surface area contributed by atoms with Crippen LogP contribution in [-0.2, 0) is 9.59 Å². The van der Waals surface area contributed by atoms with E-state index in [9.17, 15) is 9.59 Å². The average molecular weight is 225 g/mol. The molecule has 0 saturated heterocycles. The SMILES string of the molecule is CCC(CC(CC)C(=O)Cl)C(=O)Cl. The first-order valence-corrected chi connectivity index (χ1v) is 5.17. The van der Waals surface area contributed by atoms with Gasteiger partial charge in [0.2, 0.25) is 10.5 Å². The van der Waals surface area contributed by atoms with Crippen molar-refractivity contribution in [1.82, 2.24) is 0 Å². The summed E-state index contributed by atoms with van der Waals surface area (Å²) in [6.45, 7) is 3.74. The zero-order chi connectivity index (χ0) is 10.4. The van der Waals surface area contributed by atoms with Crippen molar-refractivity contribution in [3.8, 4) is 0 Å². The molecule has 13 heavy (non-hydrogen) atoms. The Labute approximate surface area is 88.6 Å². The lowest BCUT2D eigenvalue weighted by molar-refractivity contribution is -0.118. The Bertz CT molecular complexity index is 172. The molecular weight excluding hydrogens is 211 g/mol. The number of halogens is 2. The van der Waals surface area contributed by atoms with Crippen molar-refractivity contribution >= 4 is 33.7 Å². The van der Waals surface area contributed by atoms with Gasteiger partial charge < -0.3 is 0 Å². The van der Waals surface area contributed by atoms with Crippen molar-refractivity contribution in [3.63, 3.8) is 0 Å². The average Bonchev–Trinajstić information content (AvgIpc) is 2.05. The van der Waals surface area contributed by atoms with E-state index in [-0.39, 0.29) is 22.3 Å². The molecule has 0 saturated carbocycles. The van der Waals surface area contributed by atoms with Gasteiger partial charge in [0, 0.05) is 11.8 Å². The topological polar surface area (TPSA) is 34.1 Å². The van der Waals surface area contributed by atoms with Gasteiger partial charge in [-0.15, -0.1) is 0 Å². The van der Waals surface area contributed by atoms with E-state index in [4.69, 9.17) is 23.2 Å². The van der Waals surface area contributed by atoms with Crippen molar-refractivity contribution in [2.75, 3.05) is 0 Å². The van der Waals surface area contributed by atoms with Crippen LogP contribution in [0.5, 0.6) is 0 Å². The first kappa shape index (κ1) is 12.9. The smallest absolute Gasteiger partial charge is 0.224 e. The Morgan fingerprint density at radius 2 is 1.31 bits per heavy atom. The lowest BCUT2D eigenvalue weighted by Gasteiger charge is -2.14. The molecular formula is C9H14Cl2O2. The fraction of sp³-hybridized carbons (Fsp3) is 0.778. The molecule has 2 nitrogen and oxygen atoms in total. The molecule has 0 aliphatic rings. The number of rotatable bonds is 6. The van der Waals surface area contributed by atoms with E-state index in [1.165, 1.54) is 0 Å². The van der Waals surface area contributed by atoms with Gasteiger partial charge in [-0.3, -0.25) is 9.59 Å². The summed E-state index contributed by atoms with van der Waals surface area (Å²) >= 11 is 10.7. The molecule has 0 amide bonds. The van der Waals surface area contributed by atoms with Crippen molar-refractivity contribution in [3.05, 3.63) is 0 Å². The van der Waals surface area contributed by atoms with Crippen LogP contribution < -0.4 is 0 Å². The maximum Gasteiger partial charge on any atom is 0.224 e. The molecule has 0 rings (SSSR count). The van der Waals surface area contributed by atoms with Gasteiger partial charge in [-0.2, -0.15) is 0 Å². The Kier molecular flexibility index (Phi) is 6.35. The summed E-state index contributed by atoms with van der Waals surface area (Å²) in [5.41, 5.74) is 0. The molecule has 0 N–H and O–H groups in total. The summed E-state index contributed by atoms with van der Waals surface area (Å²) in [6.07, 6.45) is 1.78. The second-order valence-electron chi connectivity index (χ2n) is 3.05. The zero-order valence-electron chi connectivity index (χ0n) is 7.85. The molecule has 0 radical (unpaired) electrons. The summed E-state index contributed by atoms with van der Waals surface area (Å²) in [4.78, 5) is 21.7. The quantitative estimate of drug-likeness (QED) is 0.651. The van der Waals surface area contributed by atoms with Gasteiger partial charge in [-0.1, -0.05) is 13.8 Å². The van der Waals surface area contributed by atoms with E-state index in [0.29, 0.717) is 19.3 Å². The molecule has 0 aromatic rings. The van der Waals surface area contributed by atoms with Gasteiger partial charge in [-0.25, -0.2) is 0 Å². The third-order valence-electron chi connectivity index (χ3n) is 2.20. The van der Waals surface area contributed by atoms with E-state index >= 15 is 0 Å². The number of carbonyl (C=O) groups is 2. The monoisotopic (exact) mass is 224 g/mol. The maximum absolute atomic E-state index is 10.9. The van der Waals surface area contributed by atoms with Gasteiger partial charge in [0.15, 0.2) is 0 Å². The Balaban J connectivity index is 4.19. The molecule has 0 spiro atoms. The molecule has 0 aliphatic carbocycles. The van der Waals surface area contributed by atoms with Crippen LogP contribution in [0.1, 0.15) is 33.1 Å². The highest BCUT2D eigenvalue weighted by atomic mass is 35.5. The van der Waals surface area contributed by atoms with Gasteiger partial charge in [0.1, 0.15) is 0 Å². The van der Waals surface area contributed by atoms with Gasteiger partial charge >= 0.3 is 0 Å². The van der Waals surface area contributed by atoms with Crippen molar-refractivity contribution in [2.24, 2.45) is 11.8 Å². The summed E-state index contributed by atoms with van der Waals surface area (Å²) in [6, 6.07) is 0. The van der Waals surface area contributed by atoms with Crippen LogP contribution in [0.25, 0.3) is 0 Å². The first-order chi connectivity index (χ1) is 6.02. The minimum atomic E-state index is -0.376. The summed E-state index contributed by atoms with van der Waals surface area (Å²) in [5.74, 6) is -0.483. The van der Waals surface area contributed by atoms with Crippen LogP contribution >= 0.6 is 23.2 Å².